The largest absolute Gasteiger partial charge is 0.462 e. The zero-order chi connectivity index (χ0) is 24.5. The number of nitrogens with one attached hydrogen (secondary N) is 3. The number of anilines is 3. The Morgan fingerprint density at radius 1 is 1.06 bits per heavy atom. The highest BCUT2D eigenvalue weighted by atomic mass is 16.5. The van der Waals surface area contributed by atoms with Crippen molar-refractivity contribution in [1.82, 2.24) is 9.97 Å². The SMILES string of the molecule is CCOC(=O)c1ccc(NCCCc2c(N(C(C)=O)C(C)=O)nc(NC(C)=O)[nH]c2=O)cc1. The fourth-order valence-electron chi connectivity index (χ4n) is 3.08. The van der Waals surface area contributed by atoms with Gasteiger partial charge in [0.25, 0.3) is 5.56 Å². The summed E-state index contributed by atoms with van der Waals surface area (Å²) in [6.07, 6.45) is 0.684. The molecule has 0 aliphatic carbocycles. The topological polar surface area (TPSA) is 151 Å². The van der Waals surface area contributed by atoms with Crippen molar-refractivity contribution in [3.63, 3.8) is 0 Å². The number of imide groups is 1. The fourth-order valence-corrected chi connectivity index (χ4v) is 3.08. The third-order valence-electron chi connectivity index (χ3n) is 4.46. The highest BCUT2D eigenvalue weighted by Crippen LogP contribution is 2.19. The molecule has 0 aliphatic rings. The molecule has 0 saturated heterocycles. The van der Waals surface area contributed by atoms with Gasteiger partial charge in [0, 0.05) is 33.0 Å². The number of carbonyl (C=O) groups excluding carboxylic acids is 4. The first-order valence-corrected chi connectivity index (χ1v) is 10.4. The average molecular weight is 457 g/mol. The predicted molar refractivity (Wildman–Crippen MR) is 122 cm³/mol. The van der Waals surface area contributed by atoms with Crippen LogP contribution in [-0.4, -0.2) is 46.8 Å². The zero-order valence-electron chi connectivity index (χ0n) is 19.0. The number of esters is 1. The summed E-state index contributed by atoms with van der Waals surface area (Å²) in [5, 5.41) is 5.53. The Kier molecular flexibility index (Phi) is 8.84. The van der Waals surface area contributed by atoms with Gasteiger partial charge in [-0.3, -0.25) is 29.5 Å². The number of benzene rings is 1. The lowest BCUT2D eigenvalue weighted by Crippen LogP contribution is -2.37. The van der Waals surface area contributed by atoms with E-state index < -0.39 is 29.3 Å². The highest BCUT2D eigenvalue weighted by Gasteiger charge is 2.24. The summed E-state index contributed by atoms with van der Waals surface area (Å²) in [6, 6.07) is 6.76. The number of H-pyrrole nitrogens is 1. The Morgan fingerprint density at radius 2 is 1.70 bits per heavy atom. The minimum atomic E-state index is -0.601. The molecular weight excluding hydrogens is 430 g/mol. The zero-order valence-corrected chi connectivity index (χ0v) is 19.0. The lowest BCUT2D eigenvalue weighted by Gasteiger charge is -2.20. The van der Waals surface area contributed by atoms with Gasteiger partial charge in [-0.05, 0) is 44.0 Å². The smallest absolute Gasteiger partial charge is 0.338 e. The van der Waals surface area contributed by atoms with Crippen LogP contribution in [0.5, 0.6) is 0 Å². The summed E-state index contributed by atoms with van der Waals surface area (Å²) in [7, 11) is 0. The van der Waals surface area contributed by atoms with E-state index in [9.17, 15) is 24.0 Å². The maximum absolute atomic E-state index is 12.7. The second-order valence-corrected chi connectivity index (χ2v) is 7.10. The normalized spacial score (nSPS) is 10.3. The van der Waals surface area contributed by atoms with E-state index in [0.717, 1.165) is 10.6 Å². The summed E-state index contributed by atoms with van der Waals surface area (Å²) < 4.78 is 4.95. The van der Waals surface area contributed by atoms with Crippen molar-refractivity contribution in [3.05, 3.63) is 45.7 Å². The van der Waals surface area contributed by atoms with Gasteiger partial charge >= 0.3 is 5.97 Å². The average Bonchev–Trinajstić information content (AvgIpc) is 2.72. The molecule has 1 aromatic heterocycles. The monoisotopic (exact) mass is 457 g/mol. The van der Waals surface area contributed by atoms with Crippen molar-refractivity contribution < 1.29 is 23.9 Å². The first-order chi connectivity index (χ1) is 15.6. The number of aromatic nitrogens is 2. The minimum absolute atomic E-state index is 0.110. The Bertz CT molecular complexity index is 1080. The number of hydrogen-bond donors (Lipinski definition) is 3. The molecule has 0 aliphatic heterocycles. The molecule has 11 heteroatoms. The molecule has 2 rings (SSSR count). The summed E-state index contributed by atoms with van der Waals surface area (Å²) in [4.78, 5) is 67.2. The minimum Gasteiger partial charge on any atom is -0.462 e. The molecule has 0 bridgehead atoms. The quantitative estimate of drug-likeness (QED) is 0.381. The van der Waals surface area contributed by atoms with Crippen LogP contribution in [0.25, 0.3) is 0 Å². The van der Waals surface area contributed by atoms with Gasteiger partial charge in [-0.2, -0.15) is 4.98 Å². The molecule has 1 heterocycles. The van der Waals surface area contributed by atoms with Crippen LogP contribution >= 0.6 is 0 Å². The maximum atomic E-state index is 12.7. The van der Waals surface area contributed by atoms with Gasteiger partial charge in [-0.1, -0.05) is 0 Å². The molecule has 3 amide bonds. The van der Waals surface area contributed by atoms with Crippen LogP contribution in [0.15, 0.2) is 29.1 Å². The van der Waals surface area contributed by atoms with Crippen LogP contribution in [0.1, 0.15) is 50.0 Å². The molecule has 1 aromatic carbocycles. The van der Waals surface area contributed by atoms with Gasteiger partial charge in [0.1, 0.15) is 0 Å². The number of carbonyl (C=O) groups is 4. The van der Waals surface area contributed by atoms with Gasteiger partial charge < -0.3 is 10.1 Å². The first kappa shape index (κ1) is 25.2. The van der Waals surface area contributed by atoms with E-state index in [-0.39, 0.29) is 23.8 Å². The van der Waals surface area contributed by atoms with E-state index in [0.29, 0.717) is 25.1 Å². The summed E-state index contributed by atoms with van der Waals surface area (Å²) in [5.74, 6) is -2.33. The van der Waals surface area contributed by atoms with Crippen molar-refractivity contribution in [2.24, 2.45) is 0 Å². The van der Waals surface area contributed by atoms with Gasteiger partial charge in [0.05, 0.1) is 17.7 Å². The number of hydrogen-bond acceptors (Lipinski definition) is 8. The van der Waals surface area contributed by atoms with E-state index >= 15 is 0 Å². The molecule has 176 valence electrons. The lowest BCUT2D eigenvalue weighted by molar-refractivity contribution is -0.124. The summed E-state index contributed by atoms with van der Waals surface area (Å²) in [6.45, 7) is 6.11. The molecule has 0 radical (unpaired) electrons. The van der Waals surface area contributed by atoms with Crippen molar-refractivity contribution in [3.8, 4) is 0 Å². The van der Waals surface area contributed by atoms with Crippen LogP contribution in [0.2, 0.25) is 0 Å². The van der Waals surface area contributed by atoms with Gasteiger partial charge in [0.2, 0.25) is 23.7 Å². The Balaban J connectivity index is 2.15. The molecule has 2 aromatic rings. The molecule has 11 nitrogen and oxygen atoms in total. The van der Waals surface area contributed by atoms with Crippen molar-refractivity contribution in [1.29, 1.82) is 0 Å². The molecule has 0 fully saturated rings. The van der Waals surface area contributed by atoms with Crippen molar-refractivity contribution in [2.45, 2.75) is 40.5 Å². The van der Waals surface area contributed by atoms with Gasteiger partial charge in [0.15, 0.2) is 5.82 Å². The first-order valence-electron chi connectivity index (χ1n) is 10.4. The van der Waals surface area contributed by atoms with E-state index in [1.54, 1.807) is 31.2 Å². The summed E-state index contributed by atoms with van der Waals surface area (Å²) >= 11 is 0. The third kappa shape index (κ3) is 6.99. The van der Waals surface area contributed by atoms with E-state index in [1.165, 1.54) is 20.8 Å². The number of rotatable bonds is 9. The van der Waals surface area contributed by atoms with Crippen molar-refractivity contribution in [2.75, 3.05) is 28.7 Å². The molecule has 33 heavy (non-hydrogen) atoms. The Hall–Kier alpha value is -4.02. The van der Waals surface area contributed by atoms with Crippen LogP contribution < -0.4 is 21.1 Å². The maximum Gasteiger partial charge on any atom is 0.338 e. The third-order valence-corrected chi connectivity index (χ3v) is 4.46. The van der Waals surface area contributed by atoms with E-state index in [2.05, 4.69) is 20.6 Å². The van der Waals surface area contributed by atoms with Gasteiger partial charge in [-0.15, -0.1) is 0 Å². The van der Waals surface area contributed by atoms with Crippen LogP contribution in [0.4, 0.5) is 17.5 Å². The molecule has 0 saturated carbocycles. The molecular formula is C22H27N5O6. The number of nitrogens with zero attached hydrogens (tertiary/aromatic N) is 2. The molecule has 0 spiro atoms. The second-order valence-electron chi connectivity index (χ2n) is 7.10. The Morgan fingerprint density at radius 3 is 2.24 bits per heavy atom. The van der Waals surface area contributed by atoms with Gasteiger partial charge in [-0.25, -0.2) is 9.69 Å². The second kappa shape index (κ2) is 11.6. The molecule has 0 atom stereocenters. The Labute approximate surface area is 190 Å². The standard InChI is InChI=1S/C22H27N5O6/c1-5-33-21(32)16-8-10-17(11-9-16)23-12-6-7-18-19(27(14(3)29)15(4)30)25-22(24-13(2)28)26-20(18)31/h8-11,23H,5-7,12H2,1-4H3,(H2,24,25,26,28,31). The fraction of sp³-hybridized carbons (Fsp3) is 0.364. The molecule has 0 unspecified atom stereocenters. The summed E-state index contributed by atoms with van der Waals surface area (Å²) in [5.41, 5.74) is 0.798. The molecule has 3 N–H and O–H groups in total. The predicted octanol–water partition coefficient (Wildman–Crippen LogP) is 1.85. The van der Waals surface area contributed by atoms with Crippen LogP contribution in [0, 0.1) is 0 Å². The lowest BCUT2D eigenvalue weighted by atomic mass is 10.1. The van der Waals surface area contributed by atoms with Crippen LogP contribution in [-0.2, 0) is 25.5 Å². The van der Waals surface area contributed by atoms with Crippen LogP contribution in [0.3, 0.4) is 0 Å². The van der Waals surface area contributed by atoms with Crippen molar-refractivity contribution >= 4 is 41.1 Å². The highest BCUT2D eigenvalue weighted by molar-refractivity contribution is 6.13. The number of amides is 3. The van der Waals surface area contributed by atoms with E-state index in [1.807, 2.05) is 0 Å². The van der Waals surface area contributed by atoms with E-state index in [4.69, 9.17) is 4.74 Å². The number of ether oxygens (including phenoxy) is 1. The number of aromatic amines is 1.